The van der Waals surface area contributed by atoms with E-state index in [0.717, 1.165) is 10.9 Å². The van der Waals surface area contributed by atoms with Gasteiger partial charge in [0.05, 0.1) is 18.0 Å². The van der Waals surface area contributed by atoms with Crippen LogP contribution >= 0.6 is 11.6 Å². The number of hydrogen-bond donors (Lipinski definition) is 2. The zero-order chi connectivity index (χ0) is 20.5. The lowest BCUT2D eigenvalue weighted by molar-refractivity contribution is 0.277. The number of aliphatic hydroxyl groups is 1. The molecule has 1 aromatic carbocycles. The van der Waals surface area contributed by atoms with Crippen LogP contribution in [0, 0.1) is 0 Å². The molecule has 0 amide bonds. The Morgan fingerprint density at radius 3 is 2.69 bits per heavy atom. The van der Waals surface area contributed by atoms with Crippen molar-refractivity contribution in [2.24, 2.45) is 7.05 Å². The first kappa shape index (κ1) is 19.0. The van der Waals surface area contributed by atoms with Crippen LogP contribution in [-0.4, -0.2) is 31.7 Å². The quantitative estimate of drug-likeness (QED) is 0.539. The minimum absolute atomic E-state index is 0.135. The van der Waals surface area contributed by atoms with Gasteiger partial charge in [-0.15, -0.1) is 0 Å². The van der Waals surface area contributed by atoms with Crippen LogP contribution in [0.4, 0.5) is 5.95 Å². The first-order chi connectivity index (χ1) is 14.0. The molecule has 0 unspecified atom stereocenters. The van der Waals surface area contributed by atoms with Crippen molar-refractivity contribution in [1.29, 1.82) is 0 Å². The van der Waals surface area contributed by atoms with Gasteiger partial charge in [0.2, 0.25) is 5.95 Å². The third kappa shape index (κ3) is 3.46. The highest BCUT2D eigenvalue weighted by Gasteiger charge is 2.14. The largest absolute Gasteiger partial charge is 0.390 e. The number of fused-ring (bicyclic) bond motifs is 1. The van der Waals surface area contributed by atoms with E-state index in [0.29, 0.717) is 39.1 Å². The lowest BCUT2D eigenvalue weighted by Gasteiger charge is -2.11. The molecule has 4 rings (SSSR count). The number of benzene rings is 1. The van der Waals surface area contributed by atoms with Crippen molar-refractivity contribution in [3.8, 4) is 22.4 Å². The molecule has 0 atom stereocenters. The smallest absolute Gasteiger partial charge is 0.259 e. The van der Waals surface area contributed by atoms with Gasteiger partial charge in [0.1, 0.15) is 5.65 Å². The van der Waals surface area contributed by atoms with Crippen molar-refractivity contribution in [3.05, 3.63) is 69.7 Å². The molecule has 0 spiro atoms. The van der Waals surface area contributed by atoms with Crippen LogP contribution in [0.15, 0.2) is 53.5 Å². The number of pyridine rings is 2. The Morgan fingerprint density at radius 1 is 1.14 bits per heavy atom. The van der Waals surface area contributed by atoms with Gasteiger partial charge in [-0.3, -0.25) is 14.3 Å². The Balaban J connectivity index is 1.83. The van der Waals surface area contributed by atoms with E-state index in [1.165, 1.54) is 4.57 Å². The molecule has 0 aliphatic rings. The van der Waals surface area contributed by atoms with Gasteiger partial charge in [0.25, 0.3) is 5.56 Å². The summed E-state index contributed by atoms with van der Waals surface area (Å²) in [5, 5.41) is 13.3. The van der Waals surface area contributed by atoms with Crippen LogP contribution in [0.2, 0.25) is 5.02 Å². The highest BCUT2D eigenvalue weighted by atomic mass is 35.5. The average Bonchev–Trinajstić information content (AvgIpc) is 2.76. The summed E-state index contributed by atoms with van der Waals surface area (Å²) < 4.78 is 1.49. The molecule has 3 heterocycles. The second-order valence-electron chi connectivity index (χ2n) is 6.51. The lowest BCUT2D eigenvalue weighted by atomic mass is 10.0. The Morgan fingerprint density at radius 2 is 1.97 bits per heavy atom. The van der Waals surface area contributed by atoms with E-state index in [4.69, 9.17) is 11.6 Å². The molecule has 7 nitrogen and oxygen atoms in total. The van der Waals surface area contributed by atoms with Gasteiger partial charge in [-0.2, -0.15) is 4.98 Å². The van der Waals surface area contributed by atoms with Crippen LogP contribution in [-0.2, 0) is 13.7 Å². The standard InChI is InChI=1S/C21H18ClN5O2/c1-23-21-24-10-13-8-16(20(29)27(2)19(13)26-21)15-7-6-12(9-17(15)22)18-5-3-4-14(11-28)25-18/h3-10,28H,11H2,1-2H3,(H,23,24,26). The number of aryl methyl sites for hydroxylation is 1. The number of nitrogens with zero attached hydrogens (tertiary/aromatic N) is 4. The number of hydrogen-bond acceptors (Lipinski definition) is 6. The van der Waals surface area contributed by atoms with Crippen LogP contribution < -0.4 is 10.9 Å². The van der Waals surface area contributed by atoms with Gasteiger partial charge < -0.3 is 10.4 Å². The summed E-state index contributed by atoms with van der Waals surface area (Å²) >= 11 is 6.54. The predicted octanol–water partition coefficient (Wildman–Crippen LogP) is 3.24. The highest BCUT2D eigenvalue weighted by Crippen LogP contribution is 2.31. The van der Waals surface area contributed by atoms with Gasteiger partial charge in [-0.25, -0.2) is 4.98 Å². The maximum Gasteiger partial charge on any atom is 0.259 e. The maximum absolute atomic E-state index is 13.0. The summed E-state index contributed by atoms with van der Waals surface area (Å²) in [5.74, 6) is 0.445. The fourth-order valence-electron chi connectivity index (χ4n) is 3.18. The van der Waals surface area contributed by atoms with Crippen molar-refractivity contribution in [1.82, 2.24) is 19.5 Å². The van der Waals surface area contributed by atoms with Crippen molar-refractivity contribution < 1.29 is 5.11 Å². The van der Waals surface area contributed by atoms with Gasteiger partial charge in [-0.05, 0) is 24.3 Å². The molecular formula is C21H18ClN5O2. The molecule has 0 aliphatic carbocycles. The molecule has 4 aromatic rings. The first-order valence-corrected chi connectivity index (χ1v) is 9.31. The minimum Gasteiger partial charge on any atom is -0.390 e. The molecule has 2 N–H and O–H groups in total. The Bertz CT molecular complexity index is 1290. The fraction of sp³-hybridized carbons (Fsp3) is 0.143. The molecular weight excluding hydrogens is 390 g/mol. The molecule has 8 heteroatoms. The molecule has 0 aliphatic heterocycles. The third-order valence-electron chi connectivity index (χ3n) is 4.70. The van der Waals surface area contributed by atoms with Crippen LogP contribution in [0.3, 0.4) is 0 Å². The van der Waals surface area contributed by atoms with Crippen LogP contribution in [0.25, 0.3) is 33.4 Å². The predicted molar refractivity (Wildman–Crippen MR) is 114 cm³/mol. The van der Waals surface area contributed by atoms with E-state index in [1.807, 2.05) is 18.2 Å². The summed E-state index contributed by atoms with van der Waals surface area (Å²) in [4.78, 5) is 25.9. The topological polar surface area (TPSA) is 92.9 Å². The Hall–Kier alpha value is -3.29. The van der Waals surface area contributed by atoms with Gasteiger partial charge in [0.15, 0.2) is 0 Å². The van der Waals surface area contributed by atoms with E-state index in [2.05, 4.69) is 20.3 Å². The van der Waals surface area contributed by atoms with E-state index < -0.39 is 0 Å². The van der Waals surface area contributed by atoms with Crippen molar-refractivity contribution in [2.75, 3.05) is 12.4 Å². The first-order valence-electron chi connectivity index (χ1n) is 8.93. The molecule has 0 bridgehead atoms. The molecule has 3 aromatic heterocycles. The van der Waals surface area contributed by atoms with E-state index >= 15 is 0 Å². The molecule has 29 heavy (non-hydrogen) atoms. The monoisotopic (exact) mass is 407 g/mol. The average molecular weight is 408 g/mol. The summed E-state index contributed by atoms with van der Waals surface area (Å²) in [7, 11) is 3.40. The number of halogens is 1. The lowest BCUT2D eigenvalue weighted by Crippen LogP contribution is -2.20. The summed E-state index contributed by atoms with van der Waals surface area (Å²) in [5.41, 5.74) is 3.50. The Labute approximate surface area is 171 Å². The van der Waals surface area contributed by atoms with E-state index in [1.54, 1.807) is 44.6 Å². The third-order valence-corrected chi connectivity index (χ3v) is 5.01. The second-order valence-corrected chi connectivity index (χ2v) is 6.92. The number of nitrogens with one attached hydrogen (secondary N) is 1. The van der Waals surface area contributed by atoms with Gasteiger partial charge in [-0.1, -0.05) is 29.8 Å². The molecule has 0 saturated heterocycles. The summed E-state index contributed by atoms with van der Waals surface area (Å²) in [6.45, 7) is -0.135. The number of aromatic nitrogens is 4. The van der Waals surface area contributed by atoms with Crippen molar-refractivity contribution in [2.45, 2.75) is 6.61 Å². The zero-order valence-corrected chi connectivity index (χ0v) is 16.6. The fourth-order valence-corrected chi connectivity index (χ4v) is 3.46. The van der Waals surface area contributed by atoms with Crippen LogP contribution in [0.1, 0.15) is 5.69 Å². The van der Waals surface area contributed by atoms with E-state index in [-0.39, 0.29) is 12.2 Å². The number of rotatable bonds is 4. The van der Waals surface area contributed by atoms with Gasteiger partial charge >= 0.3 is 0 Å². The summed E-state index contributed by atoms with van der Waals surface area (Å²) in [6, 6.07) is 12.6. The summed E-state index contributed by atoms with van der Waals surface area (Å²) in [6.07, 6.45) is 1.67. The minimum atomic E-state index is -0.201. The number of aliphatic hydroxyl groups excluding tert-OH is 1. The Kier molecular flexibility index (Phi) is 5.00. The second kappa shape index (κ2) is 7.62. The molecule has 0 fully saturated rings. The highest BCUT2D eigenvalue weighted by molar-refractivity contribution is 6.33. The zero-order valence-electron chi connectivity index (χ0n) is 15.8. The van der Waals surface area contributed by atoms with E-state index in [9.17, 15) is 9.90 Å². The normalized spacial score (nSPS) is 11.0. The SMILES string of the molecule is CNc1ncc2cc(-c3ccc(-c4cccc(CO)n4)cc3Cl)c(=O)n(C)c2n1. The van der Waals surface area contributed by atoms with Crippen molar-refractivity contribution >= 4 is 28.6 Å². The molecule has 0 saturated carbocycles. The molecule has 146 valence electrons. The van der Waals surface area contributed by atoms with Crippen LogP contribution in [0.5, 0.6) is 0 Å². The van der Waals surface area contributed by atoms with Crippen molar-refractivity contribution in [3.63, 3.8) is 0 Å². The van der Waals surface area contributed by atoms with Gasteiger partial charge in [0, 0.05) is 47.4 Å². The maximum atomic E-state index is 13.0. The molecule has 0 radical (unpaired) electrons. The number of anilines is 1.